The molecule has 0 nitrogen and oxygen atoms in total. The topological polar surface area (TPSA) is 0 Å². The maximum atomic E-state index is 5.64. The van der Waals surface area contributed by atoms with Crippen LogP contribution < -0.4 is 0 Å². The molecule has 0 bridgehead atoms. The Hall–Kier alpha value is 1.46. The molecular formula is C3H9AuClP+. The van der Waals surface area contributed by atoms with Crippen molar-refractivity contribution in [3.8, 4) is 0 Å². The molecule has 0 saturated heterocycles. The summed E-state index contributed by atoms with van der Waals surface area (Å²) in [7, 11) is 0. The van der Waals surface area contributed by atoms with E-state index in [0.29, 0.717) is 0 Å². The molecule has 0 heterocycles. The van der Waals surface area contributed by atoms with Crippen molar-refractivity contribution in [1.82, 2.24) is 0 Å². The Balaban J connectivity index is 0. The van der Waals surface area contributed by atoms with Crippen LogP contribution in [0.15, 0.2) is 0 Å². The van der Waals surface area contributed by atoms with Gasteiger partial charge in [0.25, 0.3) is 0 Å². The van der Waals surface area contributed by atoms with Gasteiger partial charge in [0.1, 0.15) is 6.62 Å². The van der Waals surface area contributed by atoms with Crippen LogP contribution in [0.2, 0.25) is 0 Å². The van der Waals surface area contributed by atoms with E-state index in [1.165, 1.54) is 0 Å². The van der Waals surface area contributed by atoms with Crippen molar-refractivity contribution < 1.29 is 22.4 Å². The zero-order valence-corrected chi connectivity index (χ0v) is 7.94. The van der Waals surface area contributed by atoms with Crippen molar-refractivity contribution in [3.05, 3.63) is 0 Å². The molecule has 1 radical (unpaired) electrons. The summed E-state index contributed by atoms with van der Waals surface area (Å²) in [6, 6.07) is 0. The minimum Gasteiger partial charge on any atom is 0 e. The minimum atomic E-state index is -0.917. The van der Waals surface area contributed by atoms with E-state index in [0.717, 1.165) is 0 Å². The predicted octanol–water partition coefficient (Wildman–Crippen LogP) is 2.04. The van der Waals surface area contributed by atoms with Crippen molar-refractivity contribution in [2.45, 2.75) is 0 Å². The van der Waals surface area contributed by atoms with Crippen molar-refractivity contribution in [3.63, 3.8) is 0 Å². The van der Waals surface area contributed by atoms with Gasteiger partial charge in [-0.15, -0.1) is 0 Å². The first-order chi connectivity index (χ1) is 2.00. The van der Waals surface area contributed by atoms with E-state index in [2.05, 4.69) is 20.0 Å². The largest absolute Gasteiger partial charge is 0.104 e. The van der Waals surface area contributed by atoms with Crippen LogP contribution in [0.25, 0.3) is 0 Å². The Labute approximate surface area is 60.3 Å². The van der Waals surface area contributed by atoms with Crippen LogP contribution in [0.1, 0.15) is 0 Å². The summed E-state index contributed by atoms with van der Waals surface area (Å²) in [5.74, 6) is 0. The monoisotopic (exact) mass is 308 g/mol. The third-order valence-corrected chi connectivity index (χ3v) is 0. The fourth-order valence-corrected chi connectivity index (χ4v) is 0. The normalized spacial score (nSPS) is 10.0. The molecule has 0 aromatic heterocycles. The fourth-order valence-electron chi connectivity index (χ4n) is 0. The second kappa shape index (κ2) is 3.46. The van der Waals surface area contributed by atoms with Crippen LogP contribution in [0, 0.1) is 0 Å². The predicted molar refractivity (Wildman–Crippen MR) is 30.5 cm³/mol. The van der Waals surface area contributed by atoms with E-state index in [1.807, 2.05) is 0 Å². The van der Waals surface area contributed by atoms with E-state index in [-0.39, 0.29) is 22.4 Å². The molecule has 43 valence electrons. The first-order valence-corrected chi connectivity index (χ1v) is 5.55. The van der Waals surface area contributed by atoms with Gasteiger partial charge in [-0.2, -0.15) is 0 Å². The zero-order valence-electron chi connectivity index (χ0n) is 4.13. The Morgan fingerprint density at radius 1 is 1.17 bits per heavy atom. The molecule has 0 aliphatic rings. The molecule has 0 atom stereocenters. The van der Waals surface area contributed by atoms with Crippen LogP contribution in [0.5, 0.6) is 0 Å². The van der Waals surface area contributed by atoms with E-state index in [1.54, 1.807) is 0 Å². The van der Waals surface area contributed by atoms with Crippen LogP contribution in [0.4, 0.5) is 0 Å². The third-order valence-electron chi connectivity index (χ3n) is 0. The van der Waals surface area contributed by atoms with Gasteiger partial charge in [-0.25, -0.2) is 0 Å². The molecule has 0 aromatic rings. The average Bonchev–Trinajstić information content (AvgIpc) is 0.722. The van der Waals surface area contributed by atoms with Gasteiger partial charge in [0.2, 0.25) is 0 Å². The Kier molecular flexibility index (Phi) is 6.02. The zero-order chi connectivity index (χ0) is 4.50. The van der Waals surface area contributed by atoms with Crippen molar-refractivity contribution in [2.75, 3.05) is 20.0 Å². The van der Waals surface area contributed by atoms with E-state index in [9.17, 15) is 0 Å². The van der Waals surface area contributed by atoms with E-state index >= 15 is 0 Å². The summed E-state index contributed by atoms with van der Waals surface area (Å²) in [4.78, 5) is 0. The molecule has 0 saturated carbocycles. The number of halogens is 1. The van der Waals surface area contributed by atoms with Gasteiger partial charge in [0, 0.05) is 22.4 Å². The van der Waals surface area contributed by atoms with Crippen LogP contribution in [-0.4, -0.2) is 20.0 Å². The van der Waals surface area contributed by atoms with Crippen molar-refractivity contribution in [2.24, 2.45) is 0 Å². The van der Waals surface area contributed by atoms with E-state index < -0.39 is 6.62 Å². The minimum absolute atomic E-state index is 0. The molecule has 0 aliphatic carbocycles. The van der Waals surface area contributed by atoms with Crippen LogP contribution in [-0.2, 0) is 22.4 Å². The number of hydrogen-bond acceptors (Lipinski definition) is 0. The summed E-state index contributed by atoms with van der Waals surface area (Å²) in [5, 5.41) is 0. The summed E-state index contributed by atoms with van der Waals surface area (Å²) in [6.45, 7) is 5.28. The quantitative estimate of drug-likeness (QED) is 0.475. The Morgan fingerprint density at radius 3 is 1.17 bits per heavy atom. The van der Waals surface area contributed by atoms with Gasteiger partial charge in [-0.05, 0) is 0 Å². The molecule has 0 fully saturated rings. The third kappa shape index (κ3) is 50.9. The van der Waals surface area contributed by atoms with Gasteiger partial charge in [-0.3, -0.25) is 0 Å². The fraction of sp³-hybridized carbons (Fsp3) is 1.00. The Bertz CT molecular complexity index is 26.3. The summed E-state index contributed by atoms with van der Waals surface area (Å²) in [6.07, 6.45) is 0. The molecule has 3 heteroatoms. The number of hydrogen-bond donors (Lipinski definition) is 0. The molecule has 0 aliphatic heterocycles. The van der Waals surface area contributed by atoms with Crippen LogP contribution >= 0.6 is 17.9 Å². The van der Waals surface area contributed by atoms with Gasteiger partial charge >= 0.3 is 0 Å². The molecule has 0 unspecified atom stereocenters. The SMILES string of the molecule is C[P+](C)(C)Cl.[Au]. The molecule has 0 N–H and O–H groups in total. The maximum absolute atomic E-state index is 5.64. The first kappa shape index (κ1) is 10.4. The Morgan fingerprint density at radius 2 is 1.17 bits per heavy atom. The standard InChI is InChI=1S/C3H9ClP.Au/c1-5(2,3)4;/h1-3H3;/q+1;. The maximum Gasteiger partial charge on any atom is 0.104 e. The van der Waals surface area contributed by atoms with Crippen molar-refractivity contribution >= 4 is 17.9 Å². The summed E-state index contributed by atoms with van der Waals surface area (Å²) in [5.41, 5.74) is 0. The molecule has 0 amide bonds. The van der Waals surface area contributed by atoms with Gasteiger partial charge in [0.05, 0.1) is 31.2 Å². The molecule has 0 spiro atoms. The van der Waals surface area contributed by atoms with E-state index in [4.69, 9.17) is 11.2 Å². The summed E-state index contributed by atoms with van der Waals surface area (Å²) >= 11 is 5.64. The average molecular weight is 308 g/mol. The summed E-state index contributed by atoms with van der Waals surface area (Å²) < 4.78 is 0. The van der Waals surface area contributed by atoms with Crippen molar-refractivity contribution in [1.29, 1.82) is 0 Å². The molecule has 0 rings (SSSR count). The second-order valence-corrected chi connectivity index (χ2v) is 8.59. The molecule has 0 aromatic carbocycles. The smallest absolute Gasteiger partial charge is 0 e. The van der Waals surface area contributed by atoms with Gasteiger partial charge in [0.15, 0.2) is 0 Å². The molecular weight excluding hydrogens is 299 g/mol. The van der Waals surface area contributed by atoms with Gasteiger partial charge in [-0.1, -0.05) is 0 Å². The second-order valence-electron chi connectivity index (χ2n) is 1.85. The molecule has 6 heavy (non-hydrogen) atoms. The first-order valence-electron chi connectivity index (χ1n) is 1.51. The number of rotatable bonds is 0. The van der Waals surface area contributed by atoms with Gasteiger partial charge < -0.3 is 0 Å². The van der Waals surface area contributed by atoms with Crippen LogP contribution in [0.3, 0.4) is 0 Å².